The number of carboxylic acids is 1. The summed E-state index contributed by atoms with van der Waals surface area (Å²) in [6, 6.07) is 0. The van der Waals surface area contributed by atoms with Gasteiger partial charge in [0.1, 0.15) is 0 Å². The molecule has 1 aliphatic heterocycles. The van der Waals surface area contributed by atoms with Gasteiger partial charge < -0.3 is 15.1 Å². The van der Waals surface area contributed by atoms with Crippen LogP contribution in [0.15, 0.2) is 0 Å². The molecule has 4 heteroatoms. The van der Waals surface area contributed by atoms with Crippen LogP contribution in [0.4, 0.5) is 0 Å². The monoisotopic (exact) mass is 215 g/mol. The van der Waals surface area contributed by atoms with Gasteiger partial charge in [-0.2, -0.15) is 0 Å². The highest BCUT2D eigenvalue weighted by molar-refractivity contribution is 5.74. The van der Waals surface area contributed by atoms with Crippen molar-refractivity contribution in [2.24, 2.45) is 5.41 Å². The minimum absolute atomic E-state index is 0.251. The van der Waals surface area contributed by atoms with Crippen LogP contribution in [0.2, 0.25) is 0 Å². The van der Waals surface area contributed by atoms with E-state index < -0.39 is 11.4 Å². The first-order chi connectivity index (χ1) is 7.08. The predicted molar refractivity (Wildman–Crippen MR) is 57.7 cm³/mol. The van der Waals surface area contributed by atoms with Crippen molar-refractivity contribution in [2.75, 3.05) is 26.2 Å². The summed E-state index contributed by atoms with van der Waals surface area (Å²) in [4.78, 5) is 13.3. The van der Waals surface area contributed by atoms with Crippen LogP contribution < -0.4 is 0 Å². The molecule has 0 aliphatic carbocycles. The largest absolute Gasteiger partial charge is 0.481 e. The first-order valence-electron chi connectivity index (χ1n) is 5.65. The van der Waals surface area contributed by atoms with E-state index in [-0.39, 0.29) is 6.61 Å². The van der Waals surface area contributed by atoms with Crippen LogP contribution in [0, 0.1) is 5.41 Å². The number of carboxylic acid groups (broad SMARTS) is 1. The fourth-order valence-electron chi connectivity index (χ4n) is 1.93. The Morgan fingerprint density at radius 2 is 1.93 bits per heavy atom. The summed E-state index contributed by atoms with van der Waals surface area (Å²) < 4.78 is 0. The van der Waals surface area contributed by atoms with Gasteiger partial charge >= 0.3 is 5.97 Å². The van der Waals surface area contributed by atoms with Crippen LogP contribution in [0.1, 0.15) is 32.6 Å². The van der Waals surface area contributed by atoms with Crippen molar-refractivity contribution in [3.05, 3.63) is 0 Å². The molecule has 0 amide bonds. The van der Waals surface area contributed by atoms with Gasteiger partial charge in [-0.1, -0.05) is 0 Å². The van der Waals surface area contributed by atoms with Crippen LogP contribution in [0.5, 0.6) is 0 Å². The maximum absolute atomic E-state index is 11.0. The third-order valence-corrected chi connectivity index (χ3v) is 3.36. The zero-order valence-electron chi connectivity index (χ0n) is 9.41. The lowest BCUT2D eigenvalue weighted by Crippen LogP contribution is -2.42. The standard InChI is InChI=1S/C11H21NO3/c1-11(10(14)15)4-7-12(8-5-11)6-2-3-9-13/h13H,2-9H2,1H3,(H,14,15). The molecular formula is C11H21NO3. The number of likely N-dealkylation sites (tertiary alicyclic amines) is 1. The highest BCUT2D eigenvalue weighted by Gasteiger charge is 2.36. The van der Waals surface area contributed by atoms with E-state index in [1.807, 2.05) is 6.92 Å². The van der Waals surface area contributed by atoms with Gasteiger partial charge in [0.15, 0.2) is 0 Å². The lowest BCUT2D eigenvalue weighted by molar-refractivity contribution is -0.150. The maximum Gasteiger partial charge on any atom is 0.309 e. The normalized spacial score (nSPS) is 21.5. The average molecular weight is 215 g/mol. The molecule has 1 fully saturated rings. The molecular weight excluding hydrogens is 194 g/mol. The van der Waals surface area contributed by atoms with Gasteiger partial charge in [0.2, 0.25) is 0 Å². The van der Waals surface area contributed by atoms with E-state index in [9.17, 15) is 4.79 Å². The molecule has 0 aromatic rings. The second kappa shape index (κ2) is 5.47. The highest BCUT2D eigenvalue weighted by Crippen LogP contribution is 2.30. The van der Waals surface area contributed by atoms with Crippen molar-refractivity contribution in [3.63, 3.8) is 0 Å². The van der Waals surface area contributed by atoms with Crippen LogP contribution in [-0.4, -0.2) is 47.3 Å². The van der Waals surface area contributed by atoms with Crippen LogP contribution >= 0.6 is 0 Å². The van der Waals surface area contributed by atoms with Gasteiger partial charge in [-0.3, -0.25) is 4.79 Å². The van der Waals surface area contributed by atoms with E-state index in [1.54, 1.807) is 0 Å². The molecule has 0 saturated carbocycles. The van der Waals surface area contributed by atoms with E-state index in [2.05, 4.69) is 4.90 Å². The second-order valence-electron chi connectivity index (χ2n) is 4.64. The second-order valence-corrected chi connectivity index (χ2v) is 4.64. The molecule has 0 spiro atoms. The number of aliphatic carboxylic acids is 1. The molecule has 0 aromatic heterocycles. The minimum Gasteiger partial charge on any atom is -0.481 e. The predicted octanol–water partition coefficient (Wildman–Crippen LogP) is 0.946. The molecule has 0 unspecified atom stereocenters. The number of unbranched alkanes of at least 4 members (excludes halogenated alkanes) is 1. The van der Waals surface area contributed by atoms with Crippen molar-refractivity contribution in [3.8, 4) is 0 Å². The lowest BCUT2D eigenvalue weighted by atomic mass is 9.80. The number of hydrogen-bond acceptors (Lipinski definition) is 3. The number of rotatable bonds is 5. The fraction of sp³-hybridized carbons (Fsp3) is 0.909. The van der Waals surface area contributed by atoms with Crippen molar-refractivity contribution in [1.29, 1.82) is 0 Å². The lowest BCUT2D eigenvalue weighted by Gasteiger charge is -2.36. The Labute approximate surface area is 90.9 Å². The number of aliphatic hydroxyl groups is 1. The highest BCUT2D eigenvalue weighted by atomic mass is 16.4. The van der Waals surface area contributed by atoms with Crippen LogP contribution in [0.3, 0.4) is 0 Å². The number of hydrogen-bond donors (Lipinski definition) is 2. The van der Waals surface area contributed by atoms with Gasteiger partial charge in [0.25, 0.3) is 0 Å². The van der Waals surface area contributed by atoms with Gasteiger partial charge in [0, 0.05) is 6.61 Å². The Morgan fingerprint density at radius 3 is 2.40 bits per heavy atom. The Morgan fingerprint density at radius 1 is 1.33 bits per heavy atom. The zero-order chi connectivity index (χ0) is 11.3. The molecule has 0 bridgehead atoms. The van der Waals surface area contributed by atoms with E-state index in [0.29, 0.717) is 0 Å². The van der Waals surface area contributed by atoms with Gasteiger partial charge in [-0.25, -0.2) is 0 Å². The first kappa shape index (κ1) is 12.5. The zero-order valence-corrected chi connectivity index (χ0v) is 9.41. The number of carbonyl (C=O) groups is 1. The maximum atomic E-state index is 11.0. The Balaban J connectivity index is 2.26. The summed E-state index contributed by atoms with van der Waals surface area (Å²) in [5.41, 5.74) is -0.520. The summed E-state index contributed by atoms with van der Waals surface area (Å²) in [6.07, 6.45) is 3.32. The van der Waals surface area contributed by atoms with E-state index in [4.69, 9.17) is 10.2 Å². The van der Waals surface area contributed by atoms with Crippen molar-refractivity contribution < 1.29 is 15.0 Å². The topological polar surface area (TPSA) is 60.8 Å². The van der Waals surface area contributed by atoms with E-state index >= 15 is 0 Å². The molecule has 1 heterocycles. The van der Waals surface area contributed by atoms with Crippen molar-refractivity contribution in [2.45, 2.75) is 32.6 Å². The smallest absolute Gasteiger partial charge is 0.309 e. The van der Waals surface area contributed by atoms with Gasteiger partial charge in [-0.15, -0.1) is 0 Å². The summed E-state index contributed by atoms with van der Waals surface area (Å²) >= 11 is 0. The summed E-state index contributed by atoms with van der Waals surface area (Å²) in [5.74, 6) is -0.669. The molecule has 0 atom stereocenters. The molecule has 1 rings (SSSR count). The molecule has 15 heavy (non-hydrogen) atoms. The molecule has 88 valence electrons. The van der Waals surface area contributed by atoms with Crippen molar-refractivity contribution in [1.82, 2.24) is 4.90 Å². The van der Waals surface area contributed by atoms with Crippen molar-refractivity contribution >= 4 is 5.97 Å². The first-order valence-corrected chi connectivity index (χ1v) is 5.65. The van der Waals surface area contributed by atoms with E-state index in [0.717, 1.165) is 45.3 Å². The van der Waals surface area contributed by atoms with Crippen LogP contribution in [-0.2, 0) is 4.79 Å². The average Bonchev–Trinajstić information content (AvgIpc) is 2.21. The number of aliphatic hydroxyl groups excluding tert-OH is 1. The molecule has 1 saturated heterocycles. The molecule has 0 radical (unpaired) electrons. The Kier molecular flexibility index (Phi) is 4.54. The Bertz CT molecular complexity index is 210. The van der Waals surface area contributed by atoms with E-state index in [1.165, 1.54) is 0 Å². The molecule has 0 aromatic carbocycles. The third-order valence-electron chi connectivity index (χ3n) is 3.36. The molecule has 1 aliphatic rings. The summed E-state index contributed by atoms with van der Waals surface area (Å²) in [7, 11) is 0. The number of nitrogens with zero attached hydrogens (tertiary/aromatic N) is 1. The Hall–Kier alpha value is -0.610. The number of piperidine rings is 1. The molecule has 2 N–H and O–H groups in total. The quantitative estimate of drug-likeness (QED) is 0.670. The summed E-state index contributed by atoms with van der Waals surface area (Å²) in [5, 5.41) is 17.7. The molecule has 4 nitrogen and oxygen atoms in total. The SMILES string of the molecule is CC1(C(=O)O)CCN(CCCCO)CC1. The van der Waals surface area contributed by atoms with Gasteiger partial charge in [0.05, 0.1) is 5.41 Å². The summed E-state index contributed by atoms with van der Waals surface area (Å²) in [6.45, 7) is 4.81. The minimum atomic E-state index is -0.669. The fourth-order valence-corrected chi connectivity index (χ4v) is 1.93. The van der Waals surface area contributed by atoms with Crippen LogP contribution in [0.25, 0.3) is 0 Å². The third kappa shape index (κ3) is 3.47. The van der Waals surface area contributed by atoms with Gasteiger partial charge in [-0.05, 0) is 52.2 Å².